The number of ether oxygens (including phenoxy) is 2. The van der Waals surface area contributed by atoms with Crippen molar-refractivity contribution in [2.75, 3.05) is 19.5 Å². The van der Waals surface area contributed by atoms with Gasteiger partial charge in [0, 0.05) is 24.3 Å². The predicted octanol–water partition coefficient (Wildman–Crippen LogP) is 3.26. The first-order valence-electron chi connectivity index (χ1n) is 6.99. The molecule has 2 aromatic rings. The summed E-state index contributed by atoms with van der Waals surface area (Å²) in [5, 5.41) is 13.4. The molecular formula is C17H16N2O5. The second-order valence-electron chi connectivity index (χ2n) is 4.74. The number of hydrogen-bond donors (Lipinski definition) is 1. The van der Waals surface area contributed by atoms with Gasteiger partial charge in [-0.05, 0) is 23.8 Å². The zero-order valence-corrected chi connectivity index (χ0v) is 13.2. The number of non-ortho nitro benzene ring substituents is 1. The van der Waals surface area contributed by atoms with Crippen LogP contribution in [0.15, 0.2) is 48.5 Å². The molecule has 2 rings (SSSR count). The summed E-state index contributed by atoms with van der Waals surface area (Å²) in [5.41, 5.74) is 0.981. The van der Waals surface area contributed by atoms with Gasteiger partial charge < -0.3 is 14.8 Å². The highest BCUT2D eigenvalue weighted by Crippen LogP contribution is 2.28. The second kappa shape index (κ2) is 7.77. The Morgan fingerprint density at radius 2 is 1.96 bits per heavy atom. The summed E-state index contributed by atoms with van der Waals surface area (Å²) >= 11 is 0. The van der Waals surface area contributed by atoms with E-state index < -0.39 is 10.8 Å². The highest BCUT2D eigenvalue weighted by Gasteiger charge is 2.08. The van der Waals surface area contributed by atoms with Crippen molar-refractivity contribution in [1.82, 2.24) is 0 Å². The standard InChI is InChI=1S/C17H16N2O5/c1-23-14-7-8-16(24-2)15(11-14)18-17(20)9-6-12-4-3-5-13(10-12)19(21)22/h3-11H,1-2H3,(H,18,20)/b9-6+. The lowest BCUT2D eigenvalue weighted by Crippen LogP contribution is -2.09. The van der Waals surface area contributed by atoms with Gasteiger partial charge in [-0.25, -0.2) is 0 Å². The summed E-state index contributed by atoms with van der Waals surface area (Å²) < 4.78 is 10.3. The number of nitrogens with zero attached hydrogens (tertiary/aromatic N) is 1. The van der Waals surface area contributed by atoms with Crippen LogP contribution in [-0.4, -0.2) is 25.1 Å². The third-order valence-corrected chi connectivity index (χ3v) is 3.17. The van der Waals surface area contributed by atoms with Crippen LogP contribution in [0.3, 0.4) is 0 Å². The molecule has 0 spiro atoms. The first kappa shape index (κ1) is 17.0. The monoisotopic (exact) mass is 328 g/mol. The van der Waals surface area contributed by atoms with Crippen LogP contribution in [0.2, 0.25) is 0 Å². The van der Waals surface area contributed by atoms with Gasteiger partial charge in [0.1, 0.15) is 11.5 Å². The molecule has 0 aliphatic heterocycles. The molecule has 0 unspecified atom stereocenters. The minimum atomic E-state index is -0.488. The molecule has 0 saturated heterocycles. The zero-order valence-electron chi connectivity index (χ0n) is 13.2. The van der Waals surface area contributed by atoms with E-state index in [1.165, 1.54) is 38.5 Å². The predicted molar refractivity (Wildman–Crippen MR) is 90.3 cm³/mol. The molecule has 24 heavy (non-hydrogen) atoms. The Labute approximate surface area is 138 Å². The maximum absolute atomic E-state index is 12.0. The number of nitro benzene ring substituents is 1. The van der Waals surface area contributed by atoms with Gasteiger partial charge in [0.05, 0.1) is 24.8 Å². The first-order valence-corrected chi connectivity index (χ1v) is 6.99. The molecule has 0 fully saturated rings. The highest BCUT2D eigenvalue weighted by molar-refractivity contribution is 6.02. The molecule has 7 heteroatoms. The number of anilines is 1. The molecule has 0 aromatic heterocycles. The summed E-state index contributed by atoms with van der Waals surface area (Å²) in [6.45, 7) is 0. The average Bonchev–Trinajstić information content (AvgIpc) is 2.60. The van der Waals surface area contributed by atoms with E-state index in [0.717, 1.165) is 0 Å². The average molecular weight is 328 g/mol. The van der Waals surface area contributed by atoms with Crippen molar-refractivity contribution in [2.45, 2.75) is 0 Å². The van der Waals surface area contributed by atoms with Crippen molar-refractivity contribution in [3.63, 3.8) is 0 Å². The molecule has 0 heterocycles. The molecule has 7 nitrogen and oxygen atoms in total. The van der Waals surface area contributed by atoms with Crippen LogP contribution < -0.4 is 14.8 Å². The number of hydrogen-bond acceptors (Lipinski definition) is 5. The zero-order chi connectivity index (χ0) is 17.5. The largest absolute Gasteiger partial charge is 0.497 e. The van der Waals surface area contributed by atoms with Gasteiger partial charge >= 0.3 is 0 Å². The number of nitrogens with one attached hydrogen (secondary N) is 1. The molecule has 1 N–H and O–H groups in total. The molecule has 0 radical (unpaired) electrons. The molecule has 0 aliphatic carbocycles. The van der Waals surface area contributed by atoms with E-state index in [0.29, 0.717) is 22.7 Å². The lowest BCUT2D eigenvalue weighted by Gasteiger charge is -2.10. The fourth-order valence-corrected chi connectivity index (χ4v) is 2.00. The maximum atomic E-state index is 12.0. The lowest BCUT2D eigenvalue weighted by molar-refractivity contribution is -0.384. The third kappa shape index (κ3) is 4.33. The van der Waals surface area contributed by atoms with Gasteiger partial charge in [-0.3, -0.25) is 14.9 Å². The summed E-state index contributed by atoms with van der Waals surface area (Å²) in [6.07, 6.45) is 2.78. The normalized spacial score (nSPS) is 10.4. The number of nitro groups is 1. The Bertz CT molecular complexity index is 786. The third-order valence-electron chi connectivity index (χ3n) is 3.17. The molecule has 0 aliphatic rings. The molecule has 0 bridgehead atoms. The van der Waals surface area contributed by atoms with E-state index in [1.807, 2.05) is 0 Å². The molecular weight excluding hydrogens is 312 g/mol. The van der Waals surface area contributed by atoms with Gasteiger partial charge in [-0.15, -0.1) is 0 Å². The molecule has 1 amide bonds. The number of carbonyl (C=O) groups is 1. The van der Waals surface area contributed by atoms with Crippen molar-refractivity contribution in [1.29, 1.82) is 0 Å². The van der Waals surface area contributed by atoms with E-state index in [2.05, 4.69) is 5.32 Å². The molecule has 0 saturated carbocycles. The summed E-state index contributed by atoms with van der Waals surface area (Å²) in [5.74, 6) is 0.676. The van der Waals surface area contributed by atoms with Crippen LogP contribution in [-0.2, 0) is 4.79 Å². The first-order chi connectivity index (χ1) is 11.5. The highest BCUT2D eigenvalue weighted by atomic mass is 16.6. The van der Waals surface area contributed by atoms with Crippen molar-refractivity contribution in [3.8, 4) is 11.5 Å². The Hall–Kier alpha value is -3.35. The van der Waals surface area contributed by atoms with Crippen LogP contribution in [0.25, 0.3) is 6.08 Å². The van der Waals surface area contributed by atoms with E-state index in [1.54, 1.807) is 30.3 Å². The number of carbonyl (C=O) groups excluding carboxylic acids is 1. The van der Waals surface area contributed by atoms with Crippen LogP contribution in [0.1, 0.15) is 5.56 Å². The number of amides is 1. The van der Waals surface area contributed by atoms with Crippen LogP contribution in [0.5, 0.6) is 11.5 Å². The van der Waals surface area contributed by atoms with Crippen LogP contribution in [0.4, 0.5) is 11.4 Å². The topological polar surface area (TPSA) is 90.7 Å². The Balaban J connectivity index is 2.13. The van der Waals surface area contributed by atoms with Crippen molar-refractivity contribution in [3.05, 3.63) is 64.2 Å². The fourth-order valence-electron chi connectivity index (χ4n) is 2.00. The maximum Gasteiger partial charge on any atom is 0.270 e. The van der Waals surface area contributed by atoms with Gasteiger partial charge in [-0.2, -0.15) is 0 Å². The van der Waals surface area contributed by atoms with Crippen molar-refractivity contribution in [2.24, 2.45) is 0 Å². The van der Waals surface area contributed by atoms with Gasteiger partial charge in [-0.1, -0.05) is 12.1 Å². The Morgan fingerprint density at radius 3 is 2.62 bits per heavy atom. The minimum Gasteiger partial charge on any atom is -0.497 e. The van der Waals surface area contributed by atoms with Crippen LogP contribution in [0, 0.1) is 10.1 Å². The lowest BCUT2D eigenvalue weighted by atomic mass is 10.2. The molecule has 2 aromatic carbocycles. The van der Waals surface area contributed by atoms with Crippen LogP contribution >= 0.6 is 0 Å². The second-order valence-corrected chi connectivity index (χ2v) is 4.74. The number of rotatable bonds is 6. The smallest absolute Gasteiger partial charge is 0.270 e. The van der Waals surface area contributed by atoms with E-state index >= 15 is 0 Å². The summed E-state index contributed by atoms with van der Waals surface area (Å²) in [7, 11) is 3.02. The fraction of sp³-hybridized carbons (Fsp3) is 0.118. The molecule has 0 atom stereocenters. The molecule has 124 valence electrons. The van der Waals surface area contributed by atoms with Gasteiger partial charge in [0.2, 0.25) is 5.91 Å². The van der Waals surface area contributed by atoms with Crippen molar-refractivity contribution < 1.29 is 19.2 Å². The Kier molecular flexibility index (Phi) is 5.51. The number of methoxy groups -OCH3 is 2. The summed E-state index contributed by atoms with van der Waals surface area (Å²) in [6, 6.07) is 11.0. The van der Waals surface area contributed by atoms with Crippen molar-refractivity contribution >= 4 is 23.4 Å². The quantitative estimate of drug-likeness (QED) is 0.499. The van der Waals surface area contributed by atoms with Gasteiger partial charge in [0.25, 0.3) is 5.69 Å². The Morgan fingerprint density at radius 1 is 1.17 bits per heavy atom. The van der Waals surface area contributed by atoms with E-state index in [4.69, 9.17) is 9.47 Å². The van der Waals surface area contributed by atoms with E-state index in [9.17, 15) is 14.9 Å². The number of benzene rings is 2. The SMILES string of the molecule is COc1ccc(OC)c(NC(=O)/C=C/c2cccc([N+](=O)[O-])c2)c1. The summed E-state index contributed by atoms with van der Waals surface area (Å²) in [4.78, 5) is 22.3. The van der Waals surface area contributed by atoms with E-state index in [-0.39, 0.29) is 5.69 Å². The minimum absolute atomic E-state index is 0.0352. The van der Waals surface area contributed by atoms with Gasteiger partial charge in [0.15, 0.2) is 0 Å².